The van der Waals surface area contributed by atoms with E-state index in [-0.39, 0.29) is 5.91 Å². The van der Waals surface area contributed by atoms with Gasteiger partial charge in [0.15, 0.2) is 0 Å². The molecule has 0 spiro atoms. The number of carbonyl (C=O) groups is 1. The molecule has 1 aliphatic heterocycles. The summed E-state index contributed by atoms with van der Waals surface area (Å²) in [6.07, 6.45) is 6.23. The number of rotatable bonds is 3. The van der Waals surface area contributed by atoms with Crippen LogP contribution in [0.5, 0.6) is 0 Å². The Bertz CT molecular complexity index is 466. The molecular formula is C17H24N2O. The van der Waals surface area contributed by atoms with Crippen LogP contribution in [0.25, 0.3) is 0 Å². The van der Waals surface area contributed by atoms with Crippen molar-refractivity contribution in [1.29, 1.82) is 0 Å². The van der Waals surface area contributed by atoms with Gasteiger partial charge in [-0.15, -0.1) is 0 Å². The van der Waals surface area contributed by atoms with E-state index in [0.29, 0.717) is 18.4 Å². The molecule has 1 amide bonds. The second-order valence-corrected chi connectivity index (χ2v) is 6.19. The maximum Gasteiger partial charge on any atom is 0.220 e. The van der Waals surface area contributed by atoms with E-state index < -0.39 is 0 Å². The number of benzene rings is 1. The molecule has 3 heteroatoms. The van der Waals surface area contributed by atoms with Crippen molar-refractivity contribution in [3.8, 4) is 0 Å². The largest absolute Gasteiger partial charge is 0.353 e. The van der Waals surface area contributed by atoms with Gasteiger partial charge < -0.3 is 10.6 Å². The van der Waals surface area contributed by atoms with E-state index >= 15 is 0 Å². The minimum absolute atomic E-state index is 0.239. The van der Waals surface area contributed by atoms with E-state index in [1.54, 1.807) is 0 Å². The Labute approximate surface area is 121 Å². The van der Waals surface area contributed by atoms with E-state index in [1.165, 1.54) is 24.0 Å². The van der Waals surface area contributed by atoms with E-state index in [1.807, 2.05) is 0 Å². The molecule has 2 N–H and O–H groups in total. The van der Waals surface area contributed by atoms with Crippen molar-refractivity contribution >= 4 is 5.91 Å². The molecule has 1 heterocycles. The lowest BCUT2D eigenvalue weighted by atomic mass is 9.88. The number of hydrogen-bond donors (Lipinski definition) is 2. The summed E-state index contributed by atoms with van der Waals surface area (Å²) in [5, 5.41) is 6.62. The van der Waals surface area contributed by atoms with Crippen LogP contribution in [-0.4, -0.2) is 25.0 Å². The van der Waals surface area contributed by atoms with E-state index in [2.05, 4.69) is 34.9 Å². The lowest BCUT2D eigenvalue weighted by Crippen LogP contribution is -2.41. The number of carbonyl (C=O) groups excluding carboxylic acids is 1. The molecule has 2 aliphatic rings. The van der Waals surface area contributed by atoms with Crippen molar-refractivity contribution in [3.05, 3.63) is 35.4 Å². The van der Waals surface area contributed by atoms with E-state index in [0.717, 1.165) is 32.4 Å². The first-order valence-corrected chi connectivity index (χ1v) is 7.88. The summed E-state index contributed by atoms with van der Waals surface area (Å²) in [7, 11) is 0. The average Bonchev–Trinajstić information content (AvgIpc) is 2.48. The summed E-state index contributed by atoms with van der Waals surface area (Å²) in [6.45, 7) is 2.11. The Hall–Kier alpha value is -1.35. The third-order valence-corrected chi connectivity index (χ3v) is 4.58. The zero-order chi connectivity index (χ0) is 13.8. The molecule has 1 fully saturated rings. The Kier molecular flexibility index (Phi) is 4.36. The molecule has 2 unspecified atom stereocenters. The fourth-order valence-corrected chi connectivity index (χ4v) is 3.47. The molecule has 0 radical (unpaired) electrons. The summed E-state index contributed by atoms with van der Waals surface area (Å²) in [5.74, 6) is 0.766. The first-order valence-electron chi connectivity index (χ1n) is 7.88. The van der Waals surface area contributed by atoms with Gasteiger partial charge in [0.05, 0.1) is 0 Å². The first kappa shape index (κ1) is 13.6. The summed E-state index contributed by atoms with van der Waals surface area (Å²) >= 11 is 0. The van der Waals surface area contributed by atoms with Crippen molar-refractivity contribution in [2.24, 2.45) is 5.92 Å². The molecule has 1 aliphatic carbocycles. The van der Waals surface area contributed by atoms with Crippen LogP contribution >= 0.6 is 0 Å². The summed E-state index contributed by atoms with van der Waals surface area (Å²) in [4.78, 5) is 12.2. The number of aryl methyl sites for hydroxylation is 1. The fourth-order valence-electron chi connectivity index (χ4n) is 3.47. The average molecular weight is 272 g/mol. The molecule has 0 bridgehead atoms. The van der Waals surface area contributed by atoms with Gasteiger partial charge >= 0.3 is 0 Å². The zero-order valence-electron chi connectivity index (χ0n) is 12.0. The number of hydrogen-bond acceptors (Lipinski definition) is 2. The van der Waals surface area contributed by atoms with Crippen LogP contribution in [-0.2, 0) is 17.6 Å². The highest BCUT2D eigenvalue weighted by atomic mass is 16.1. The lowest BCUT2D eigenvalue weighted by Gasteiger charge is -2.27. The standard InChI is InChI=1S/C17H24N2O/c20-17(10-13-4-3-9-18-12-13)19-16-8-7-14-5-1-2-6-15(14)11-16/h1-2,5-6,13,16,18H,3-4,7-12H2,(H,19,20). The summed E-state index contributed by atoms with van der Waals surface area (Å²) in [6, 6.07) is 8.93. The molecule has 1 aromatic carbocycles. The van der Waals surface area contributed by atoms with Crippen LogP contribution in [0.4, 0.5) is 0 Å². The monoisotopic (exact) mass is 272 g/mol. The number of fused-ring (bicyclic) bond motifs is 1. The molecular weight excluding hydrogens is 248 g/mol. The van der Waals surface area contributed by atoms with Gasteiger partial charge in [0.1, 0.15) is 0 Å². The smallest absolute Gasteiger partial charge is 0.220 e. The molecule has 0 saturated carbocycles. The van der Waals surface area contributed by atoms with Gasteiger partial charge in [0.25, 0.3) is 0 Å². The zero-order valence-corrected chi connectivity index (χ0v) is 12.0. The van der Waals surface area contributed by atoms with E-state index in [9.17, 15) is 4.79 Å². The minimum Gasteiger partial charge on any atom is -0.353 e. The summed E-state index contributed by atoms with van der Waals surface area (Å²) in [5.41, 5.74) is 2.86. The topological polar surface area (TPSA) is 41.1 Å². The second-order valence-electron chi connectivity index (χ2n) is 6.19. The van der Waals surface area contributed by atoms with Crippen LogP contribution in [0.1, 0.15) is 36.8 Å². The normalized spacial score (nSPS) is 25.8. The van der Waals surface area contributed by atoms with Crippen LogP contribution in [0.3, 0.4) is 0 Å². The van der Waals surface area contributed by atoms with Gasteiger partial charge in [-0.25, -0.2) is 0 Å². The third kappa shape index (κ3) is 3.40. The van der Waals surface area contributed by atoms with Crippen molar-refractivity contribution < 1.29 is 4.79 Å². The maximum absolute atomic E-state index is 12.2. The molecule has 108 valence electrons. The van der Waals surface area contributed by atoms with Crippen molar-refractivity contribution in [1.82, 2.24) is 10.6 Å². The molecule has 1 aromatic rings. The van der Waals surface area contributed by atoms with Gasteiger partial charge in [-0.05, 0) is 62.2 Å². The van der Waals surface area contributed by atoms with Crippen molar-refractivity contribution in [3.63, 3.8) is 0 Å². The van der Waals surface area contributed by atoms with Gasteiger partial charge in [-0.2, -0.15) is 0 Å². The summed E-state index contributed by atoms with van der Waals surface area (Å²) < 4.78 is 0. The van der Waals surface area contributed by atoms with Crippen LogP contribution in [0, 0.1) is 5.92 Å². The Balaban J connectivity index is 1.50. The maximum atomic E-state index is 12.2. The van der Waals surface area contributed by atoms with Crippen molar-refractivity contribution in [2.45, 2.75) is 44.6 Å². The molecule has 3 rings (SSSR count). The van der Waals surface area contributed by atoms with Gasteiger partial charge in [0, 0.05) is 12.5 Å². The quantitative estimate of drug-likeness (QED) is 0.884. The molecule has 0 aromatic heterocycles. The molecule has 2 atom stereocenters. The lowest BCUT2D eigenvalue weighted by molar-refractivity contribution is -0.122. The minimum atomic E-state index is 0.239. The Morgan fingerprint density at radius 2 is 2.10 bits per heavy atom. The second kappa shape index (κ2) is 6.40. The molecule has 3 nitrogen and oxygen atoms in total. The highest BCUT2D eigenvalue weighted by molar-refractivity contribution is 5.76. The fraction of sp³-hybridized carbons (Fsp3) is 0.588. The van der Waals surface area contributed by atoms with Crippen molar-refractivity contribution in [2.75, 3.05) is 13.1 Å². The molecule has 1 saturated heterocycles. The molecule has 20 heavy (non-hydrogen) atoms. The number of nitrogens with one attached hydrogen (secondary N) is 2. The number of amides is 1. The van der Waals surface area contributed by atoms with Gasteiger partial charge in [-0.1, -0.05) is 24.3 Å². The highest BCUT2D eigenvalue weighted by Gasteiger charge is 2.22. The predicted molar refractivity (Wildman–Crippen MR) is 80.6 cm³/mol. The Morgan fingerprint density at radius 3 is 2.90 bits per heavy atom. The van der Waals surface area contributed by atoms with Crippen LogP contribution in [0.2, 0.25) is 0 Å². The number of piperidine rings is 1. The third-order valence-electron chi connectivity index (χ3n) is 4.58. The van der Waals surface area contributed by atoms with E-state index in [4.69, 9.17) is 0 Å². The predicted octanol–water partition coefficient (Wildman–Crippen LogP) is 2.05. The van der Waals surface area contributed by atoms with Crippen LogP contribution in [0.15, 0.2) is 24.3 Å². The SMILES string of the molecule is O=C(CC1CCCNC1)NC1CCc2ccccc2C1. The van der Waals surface area contributed by atoms with Gasteiger partial charge in [0.2, 0.25) is 5.91 Å². The Morgan fingerprint density at radius 1 is 1.25 bits per heavy atom. The van der Waals surface area contributed by atoms with Gasteiger partial charge in [-0.3, -0.25) is 4.79 Å². The van der Waals surface area contributed by atoms with Crippen LogP contribution < -0.4 is 10.6 Å². The highest BCUT2D eigenvalue weighted by Crippen LogP contribution is 2.21. The first-order chi connectivity index (χ1) is 9.81.